The van der Waals surface area contributed by atoms with Gasteiger partial charge in [-0.25, -0.2) is 0 Å². The molecule has 0 saturated heterocycles. The summed E-state index contributed by atoms with van der Waals surface area (Å²) in [5.41, 5.74) is 12.9. The topological polar surface area (TPSA) is 387 Å². The second-order valence-electron chi connectivity index (χ2n) is 15.0. The van der Waals surface area contributed by atoms with Crippen LogP contribution in [0, 0.1) is 0 Å². The van der Waals surface area contributed by atoms with Crippen molar-refractivity contribution in [1.82, 2.24) is 42.2 Å². The molecule has 23 nitrogen and oxygen atoms in total. The third kappa shape index (κ3) is 17.9. The first kappa shape index (κ1) is 53.4. The molecule has 16 N–H and O–H groups in total. The monoisotopic (exact) mass is 932 g/mol. The van der Waals surface area contributed by atoms with Gasteiger partial charge in [0, 0.05) is 43.3 Å². The van der Waals surface area contributed by atoms with E-state index >= 15 is 0 Å². The molecule has 0 aliphatic rings. The highest BCUT2D eigenvalue weighted by atomic mass is 16.4. The van der Waals surface area contributed by atoms with Crippen molar-refractivity contribution in [3.05, 3.63) is 102 Å². The van der Waals surface area contributed by atoms with E-state index in [0.29, 0.717) is 16.7 Å². The minimum Gasteiger partial charge on any atom is -0.508 e. The van der Waals surface area contributed by atoms with Gasteiger partial charge in [-0.15, -0.1) is 0 Å². The molecule has 0 aliphatic heterocycles. The lowest BCUT2D eigenvalue weighted by molar-refractivity contribution is -0.136. The molecule has 0 saturated carbocycles. The van der Waals surface area contributed by atoms with E-state index in [1.165, 1.54) is 31.2 Å². The molecule has 6 atom stereocenters. The lowest BCUT2D eigenvalue weighted by Crippen LogP contribution is -2.61. The SMILES string of the molecule is CC(=O)O.C[C@H](NC(=O)CN)C(=O)N[C@@H](CO)C(=O)N[C@@H](Cc1ccccc1)C(=O)N[C@@H](Cc1ccc(O)cc1)C(=O)N[C@@H](CO)C(=O)N[C@@H](Cc1c[nH]c2ccccc12)C(=O)NCC(N)=O. The van der Waals surface area contributed by atoms with Gasteiger partial charge in [-0.3, -0.25) is 43.2 Å². The number of nitrogens with one attached hydrogen (secondary N) is 8. The number of rotatable bonds is 23. The minimum absolute atomic E-state index is 0.0782. The first-order chi connectivity index (χ1) is 31.8. The van der Waals surface area contributed by atoms with Crippen LogP contribution in [0.1, 0.15) is 30.5 Å². The summed E-state index contributed by atoms with van der Waals surface area (Å²) in [6.45, 7) is -0.385. The van der Waals surface area contributed by atoms with Crippen molar-refractivity contribution in [3.8, 4) is 5.75 Å². The number of aromatic hydroxyl groups is 1. The summed E-state index contributed by atoms with van der Waals surface area (Å²) in [4.78, 5) is 117. The highest BCUT2D eigenvalue weighted by Crippen LogP contribution is 2.19. The molecule has 0 radical (unpaired) electrons. The highest BCUT2D eigenvalue weighted by Gasteiger charge is 2.33. The lowest BCUT2D eigenvalue weighted by atomic mass is 10.0. The van der Waals surface area contributed by atoms with Gasteiger partial charge in [0.15, 0.2) is 0 Å². The fourth-order valence-electron chi connectivity index (χ4n) is 6.30. The van der Waals surface area contributed by atoms with E-state index in [1.54, 1.807) is 54.7 Å². The average molecular weight is 933 g/mol. The molecular formula is C44H56N10O13. The first-order valence-corrected chi connectivity index (χ1v) is 20.7. The molecule has 360 valence electrons. The Kier molecular flexibility index (Phi) is 21.4. The van der Waals surface area contributed by atoms with Gasteiger partial charge in [0.1, 0.15) is 42.0 Å². The fourth-order valence-corrected chi connectivity index (χ4v) is 6.30. The number of aromatic nitrogens is 1. The molecule has 0 aliphatic carbocycles. The number of primary amides is 1. The normalized spacial score (nSPS) is 13.3. The number of aliphatic carboxylic acids is 1. The second kappa shape index (κ2) is 26.8. The van der Waals surface area contributed by atoms with Crippen molar-refractivity contribution in [2.75, 3.05) is 26.3 Å². The maximum absolute atomic E-state index is 14.1. The van der Waals surface area contributed by atoms with Gasteiger partial charge >= 0.3 is 0 Å². The number of para-hydroxylation sites is 1. The Morgan fingerprint density at radius 2 is 1.04 bits per heavy atom. The number of phenolic OH excluding ortho intramolecular Hbond substituents is 1. The Bertz CT molecular complexity index is 2340. The number of carboxylic acid groups (broad SMARTS) is 1. The van der Waals surface area contributed by atoms with E-state index < -0.39 is 116 Å². The molecule has 3 aromatic carbocycles. The van der Waals surface area contributed by atoms with Crippen LogP contribution in [0.2, 0.25) is 0 Å². The molecule has 1 aromatic heterocycles. The van der Waals surface area contributed by atoms with Gasteiger partial charge in [0.2, 0.25) is 47.3 Å². The summed E-state index contributed by atoms with van der Waals surface area (Å²) < 4.78 is 0. The third-order valence-electron chi connectivity index (χ3n) is 9.68. The molecule has 4 rings (SSSR count). The fraction of sp³-hybridized carbons (Fsp3) is 0.341. The maximum Gasteiger partial charge on any atom is 0.300 e. The lowest BCUT2D eigenvalue weighted by Gasteiger charge is -2.27. The first-order valence-electron chi connectivity index (χ1n) is 20.7. The molecule has 0 spiro atoms. The number of fused-ring (bicyclic) bond motifs is 1. The smallest absolute Gasteiger partial charge is 0.300 e. The average Bonchev–Trinajstić information content (AvgIpc) is 3.71. The molecule has 0 unspecified atom stereocenters. The van der Waals surface area contributed by atoms with Crippen molar-refractivity contribution >= 4 is 64.1 Å². The van der Waals surface area contributed by atoms with Gasteiger partial charge < -0.3 is 74.1 Å². The third-order valence-corrected chi connectivity index (χ3v) is 9.68. The van der Waals surface area contributed by atoms with Crippen LogP contribution in [0.25, 0.3) is 10.9 Å². The molecule has 1 heterocycles. The van der Waals surface area contributed by atoms with Crippen LogP contribution in [0.4, 0.5) is 0 Å². The number of aliphatic hydroxyl groups is 2. The number of aromatic amines is 1. The number of amides is 8. The summed E-state index contributed by atoms with van der Waals surface area (Å²) >= 11 is 0. The Morgan fingerprint density at radius 3 is 1.55 bits per heavy atom. The van der Waals surface area contributed by atoms with Crippen LogP contribution >= 0.6 is 0 Å². The number of hydrogen-bond donors (Lipinski definition) is 14. The molecule has 67 heavy (non-hydrogen) atoms. The van der Waals surface area contributed by atoms with E-state index in [0.717, 1.165) is 17.8 Å². The van der Waals surface area contributed by atoms with Crippen LogP contribution in [0.5, 0.6) is 5.75 Å². The van der Waals surface area contributed by atoms with E-state index in [4.69, 9.17) is 21.4 Å². The minimum atomic E-state index is -1.68. The molecular weight excluding hydrogens is 877 g/mol. The number of H-pyrrole nitrogens is 1. The van der Waals surface area contributed by atoms with Crippen molar-refractivity contribution in [2.24, 2.45) is 11.5 Å². The van der Waals surface area contributed by atoms with Gasteiger partial charge in [-0.1, -0.05) is 60.7 Å². The van der Waals surface area contributed by atoms with E-state index in [1.807, 2.05) is 6.07 Å². The van der Waals surface area contributed by atoms with Crippen LogP contribution in [0.3, 0.4) is 0 Å². The Labute approximate surface area is 383 Å². The van der Waals surface area contributed by atoms with E-state index in [9.17, 15) is 53.7 Å². The molecule has 8 amide bonds. The second-order valence-corrected chi connectivity index (χ2v) is 15.0. The summed E-state index contributed by atoms with van der Waals surface area (Å²) in [5, 5.41) is 55.5. The van der Waals surface area contributed by atoms with Gasteiger partial charge in [-0.2, -0.15) is 0 Å². The summed E-state index contributed by atoms with van der Waals surface area (Å²) in [5.74, 6) is -7.89. The van der Waals surface area contributed by atoms with E-state index in [-0.39, 0.29) is 25.0 Å². The van der Waals surface area contributed by atoms with Gasteiger partial charge in [-0.05, 0) is 41.8 Å². The zero-order valence-electron chi connectivity index (χ0n) is 36.6. The van der Waals surface area contributed by atoms with Crippen LogP contribution in [0.15, 0.2) is 85.1 Å². The number of phenols is 1. The van der Waals surface area contributed by atoms with Gasteiger partial charge in [0.25, 0.3) is 5.97 Å². The van der Waals surface area contributed by atoms with Gasteiger partial charge in [0.05, 0.1) is 26.3 Å². The van der Waals surface area contributed by atoms with Crippen LogP contribution in [-0.2, 0) is 62.4 Å². The van der Waals surface area contributed by atoms with Crippen LogP contribution in [-0.4, -0.2) is 141 Å². The predicted molar refractivity (Wildman–Crippen MR) is 240 cm³/mol. The number of hydrogen-bond acceptors (Lipinski definition) is 13. The summed E-state index contributed by atoms with van der Waals surface area (Å²) in [6, 6.07) is 12.6. The Hall–Kier alpha value is -7.89. The number of nitrogens with two attached hydrogens (primary N) is 2. The molecule has 23 heteroatoms. The summed E-state index contributed by atoms with van der Waals surface area (Å²) in [7, 11) is 0. The number of carbonyl (C=O) groups is 9. The summed E-state index contributed by atoms with van der Waals surface area (Å²) in [6.07, 6.45) is 1.19. The number of carboxylic acids is 1. The van der Waals surface area contributed by atoms with Crippen molar-refractivity contribution in [2.45, 2.75) is 69.4 Å². The van der Waals surface area contributed by atoms with Crippen molar-refractivity contribution in [1.29, 1.82) is 0 Å². The zero-order chi connectivity index (χ0) is 49.6. The number of aliphatic hydroxyl groups excluding tert-OH is 2. The number of carbonyl (C=O) groups excluding carboxylic acids is 8. The molecule has 4 aromatic rings. The standard InChI is InChI=1S/C42H52N10O11.C2H4O2/c1-23(47-36(57)18-43)37(58)51-33(21-53)41(62)49-30(15-24-7-3-2-4-8-24)39(60)48-31(16-25-11-13-27(55)14-12-25)40(61)52-34(22-54)42(63)50-32(38(59)46-20-35(44)56)17-26-19-45-29-10-6-5-9-28(26)29;1-2(3)4/h2-14,19,23,30-34,45,53-55H,15-18,20-22,43H2,1H3,(H2,44,56)(H,46,59)(H,47,57)(H,48,60)(H,49,62)(H,50,63)(H,51,58)(H,52,61);1H3,(H,3,4)/t23-,30-,31-,32-,33-,34-;/m0./s1. The predicted octanol–water partition coefficient (Wildman–Crippen LogP) is -3.53. The van der Waals surface area contributed by atoms with Crippen molar-refractivity contribution < 1.29 is 63.6 Å². The molecule has 0 fully saturated rings. The quantitative estimate of drug-likeness (QED) is 0.0343. The van der Waals surface area contributed by atoms with Crippen LogP contribution < -0.4 is 48.7 Å². The highest BCUT2D eigenvalue weighted by molar-refractivity contribution is 5.98. The van der Waals surface area contributed by atoms with Crippen molar-refractivity contribution in [3.63, 3.8) is 0 Å². The Morgan fingerprint density at radius 1 is 0.597 bits per heavy atom. The molecule has 0 bridgehead atoms. The van der Waals surface area contributed by atoms with E-state index in [2.05, 4.69) is 42.2 Å². The maximum atomic E-state index is 14.1. The number of benzene rings is 3. The Balaban J connectivity index is 0.00000285. The zero-order valence-corrected chi connectivity index (χ0v) is 36.6. The largest absolute Gasteiger partial charge is 0.508 e.